The van der Waals surface area contributed by atoms with Crippen molar-refractivity contribution >= 4 is 18.1 Å². The van der Waals surface area contributed by atoms with Crippen LogP contribution in [0.5, 0.6) is 0 Å². The lowest BCUT2D eigenvalue weighted by Crippen LogP contribution is -2.33. The fourth-order valence-electron chi connectivity index (χ4n) is 1.79. The van der Waals surface area contributed by atoms with E-state index >= 15 is 0 Å². The average molecular weight is 310 g/mol. The van der Waals surface area contributed by atoms with Gasteiger partial charge >= 0.3 is 18.1 Å². The Morgan fingerprint density at radius 2 is 1.59 bits per heavy atom. The van der Waals surface area contributed by atoms with Crippen LogP contribution in [0.1, 0.15) is 25.5 Å². The van der Waals surface area contributed by atoms with Crippen molar-refractivity contribution in [3.8, 4) is 0 Å². The maximum atomic E-state index is 11.3. The standard InChI is InChI=1S/C15H18O7/c1-10(16)21-13(9-20-15(18)19-3)14(22-11(2)17)12-7-5-4-6-8-12/h4-8,13-14H,9H2,1-3H3/t13-,14+/m0/s1. The summed E-state index contributed by atoms with van der Waals surface area (Å²) < 4.78 is 19.5. The normalized spacial score (nSPS) is 12.7. The van der Waals surface area contributed by atoms with Crippen LogP contribution in [0.25, 0.3) is 0 Å². The highest BCUT2D eigenvalue weighted by atomic mass is 16.7. The molecular formula is C15H18O7. The van der Waals surface area contributed by atoms with Gasteiger partial charge in [0.2, 0.25) is 0 Å². The molecule has 0 N–H and O–H groups in total. The highest BCUT2D eigenvalue weighted by Crippen LogP contribution is 2.24. The summed E-state index contributed by atoms with van der Waals surface area (Å²) in [7, 11) is 1.16. The van der Waals surface area contributed by atoms with Crippen LogP contribution in [0.15, 0.2) is 30.3 Å². The first-order chi connectivity index (χ1) is 10.4. The molecule has 0 saturated heterocycles. The Balaban J connectivity index is 2.98. The molecule has 0 fully saturated rings. The van der Waals surface area contributed by atoms with Gasteiger partial charge in [-0.05, 0) is 5.56 Å². The zero-order valence-electron chi connectivity index (χ0n) is 12.6. The van der Waals surface area contributed by atoms with Crippen LogP contribution in [0.4, 0.5) is 4.79 Å². The second kappa shape index (κ2) is 8.66. The summed E-state index contributed by atoms with van der Waals surface area (Å²) in [5, 5.41) is 0. The monoisotopic (exact) mass is 310 g/mol. The molecule has 1 rings (SSSR count). The van der Waals surface area contributed by atoms with Gasteiger partial charge in [-0.1, -0.05) is 30.3 Å². The molecular weight excluding hydrogens is 292 g/mol. The van der Waals surface area contributed by atoms with Gasteiger partial charge in [-0.25, -0.2) is 4.79 Å². The molecule has 7 heteroatoms. The highest BCUT2D eigenvalue weighted by Gasteiger charge is 2.30. The van der Waals surface area contributed by atoms with Gasteiger partial charge in [0.15, 0.2) is 12.2 Å². The molecule has 0 aromatic heterocycles. The number of carbonyl (C=O) groups excluding carboxylic acids is 3. The molecule has 0 aliphatic carbocycles. The zero-order valence-corrected chi connectivity index (χ0v) is 12.6. The van der Waals surface area contributed by atoms with Crippen molar-refractivity contribution in [1.29, 1.82) is 0 Å². The molecule has 0 unspecified atom stereocenters. The Kier molecular flexibility index (Phi) is 6.88. The van der Waals surface area contributed by atoms with Crippen LogP contribution >= 0.6 is 0 Å². The Morgan fingerprint density at radius 1 is 1.00 bits per heavy atom. The number of esters is 2. The van der Waals surface area contributed by atoms with Gasteiger partial charge in [-0.2, -0.15) is 0 Å². The first-order valence-corrected chi connectivity index (χ1v) is 6.54. The minimum atomic E-state index is -0.983. The number of hydrogen-bond donors (Lipinski definition) is 0. The van der Waals surface area contributed by atoms with E-state index < -0.39 is 30.3 Å². The zero-order chi connectivity index (χ0) is 16.5. The van der Waals surface area contributed by atoms with Crippen LogP contribution in [0.3, 0.4) is 0 Å². The number of carbonyl (C=O) groups is 3. The summed E-state index contributed by atoms with van der Waals surface area (Å²) in [6.07, 6.45) is -2.80. The lowest BCUT2D eigenvalue weighted by molar-refractivity contribution is -0.169. The van der Waals surface area contributed by atoms with Crippen molar-refractivity contribution in [2.45, 2.75) is 26.1 Å². The van der Waals surface area contributed by atoms with Crippen LogP contribution in [0, 0.1) is 0 Å². The van der Waals surface area contributed by atoms with E-state index in [1.165, 1.54) is 13.8 Å². The van der Waals surface area contributed by atoms with E-state index in [0.717, 1.165) is 7.11 Å². The molecule has 0 amide bonds. The van der Waals surface area contributed by atoms with E-state index in [-0.39, 0.29) is 6.61 Å². The fourth-order valence-corrected chi connectivity index (χ4v) is 1.79. The third-order valence-corrected chi connectivity index (χ3v) is 2.61. The van der Waals surface area contributed by atoms with E-state index in [0.29, 0.717) is 5.56 Å². The maximum Gasteiger partial charge on any atom is 0.508 e. The Labute approximate surface area is 128 Å². The maximum absolute atomic E-state index is 11.3. The molecule has 0 heterocycles. The number of rotatable bonds is 6. The molecule has 0 aliphatic rings. The molecule has 0 spiro atoms. The molecule has 0 aliphatic heterocycles. The topological polar surface area (TPSA) is 88.1 Å². The van der Waals surface area contributed by atoms with Crippen molar-refractivity contribution in [3.05, 3.63) is 35.9 Å². The summed E-state index contributed by atoms with van der Waals surface area (Å²) in [5.41, 5.74) is 0.609. The molecule has 22 heavy (non-hydrogen) atoms. The van der Waals surface area contributed by atoms with Crippen LogP contribution < -0.4 is 0 Å². The van der Waals surface area contributed by atoms with E-state index in [1.54, 1.807) is 30.3 Å². The van der Waals surface area contributed by atoms with Crippen molar-refractivity contribution in [1.82, 2.24) is 0 Å². The first-order valence-electron chi connectivity index (χ1n) is 6.54. The summed E-state index contributed by atoms with van der Waals surface area (Å²) in [4.78, 5) is 33.7. The molecule has 0 saturated carbocycles. The van der Waals surface area contributed by atoms with Crippen molar-refractivity contribution < 1.29 is 33.3 Å². The second-order valence-corrected chi connectivity index (χ2v) is 4.35. The Hall–Kier alpha value is -2.57. The van der Waals surface area contributed by atoms with Crippen LogP contribution in [-0.2, 0) is 28.5 Å². The number of methoxy groups -OCH3 is 1. The molecule has 7 nitrogen and oxygen atoms in total. The van der Waals surface area contributed by atoms with E-state index in [4.69, 9.17) is 14.2 Å². The molecule has 1 aromatic carbocycles. The third kappa shape index (κ3) is 5.82. The van der Waals surface area contributed by atoms with E-state index in [2.05, 4.69) is 4.74 Å². The quantitative estimate of drug-likeness (QED) is 0.586. The van der Waals surface area contributed by atoms with Gasteiger partial charge in [-0.3, -0.25) is 9.59 Å². The first kappa shape index (κ1) is 17.5. The summed E-state index contributed by atoms with van der Waals surface area (Å²) >= 11 is 0. The summed E-state index contributed by atoms with van der Waals surface area (Å²) in [5.74, 6) is -1.14. The fraction of sp³-hybridized carbons (Fsp3) is 0.400. The lowest BCUT2D eigenvalue weighted by atomic mass is 10.0. The predicted octanol–water partition coefficient (Wildman–Crippen LogP) is 2.01. The Bertz CT molecular complexity index is 512. The largest absolute Gasteiger partial charge is 0.508 e. The van der Waals surface area contributed by atoms with Gasteiger partial charge < -0.3 is 18.9 Å². The molecule has 120 valence electrons. The van der Waals surface area contributed by atoms with Crippen LogP contribution in [-0.4, -0.2) is 37.9 Å². The minimum Gasteiger partial charge on any atom is -0.455 e. The van der Waals surface area contributed by atoms with Crippen LogP contribution in [0.2, 0.25) is 0 Å². The molecule has 2 atom stereocenters. The van der Waals surface area contributed by atoms with Gasteiger partial charge in [0.05, 0.1) is 7.11 Å². The summed E-state index contributed by atoms with van der Waals surface area (Å²) in [6, 6.07) is 8.71. The van der Waals surface area contributed by atoms with Gasteiger partial charge in [-0.15, -0.1) is 0 Å². The smallest absolute Gasteiger partial charge is 0.455 e. The van der Waals surface area contributed by atoms with Gasteiger partial charge in [0.25, 0.3) is 0 Å². The molecule has 0 radical (unpaired) electrons. The number of benzene rings is 1. The Morgan fingerprint density at radius 3 is 2.09 bits per heavy atom. The van der Waals surface area contributed by atoms with E-state index in [1.807, 2.05) is 0 Å². The lowest BCUT2D eigenvalue weighted by Gasteiger charge is -2.26. The summed E-state index contributed by atoms with van der Waals surface area (Å²) in [6.45, 7) is 2.14. The predicted molar refractivity (Wildman–Crippen MR) is 74.9 cm³/mol. The van der Waals surface area contributed by atoms with Crippen molar-refractivity contribution in [2.75, 3.05) is 13.7 Å². The van der Waals surface area contributed by atoms with Crippen molar-refractivity contribution in [3.63, 3.8) is 0 Å². The molecule has 1 aromatic rings. The second-order valence-electron chi connectivity index (χ2n) is 4.35. The minimum absolute atomic E-state index is 0.306. The van der Waals surface area contributed by atoms with Crippen molar-refractivity contribution in [2.24, 2.45) is 0 Å². The highest BCUT2D eigenvalue weighted by molar-refractivity contribution is 5.67. The van der Waals surface area contributed by atoms with Gasteiger partial charge in [0, 0.05) is 13.8 Å². The molecule has 0 bridgehead atoms. The average Bonchev–Trinajstić information content (AvgIpc) is 2.49. The van der Waals surface area contributed by atoms with Gasteiger partial charge in [0.1, 0.15) is 6.61 Å². The number of hydrogen-bond acceptors (Lipinski definition) is 7. The van der Waals surface area contributed by atoms with E-state index in [9.17, 15) is 14.4 Å². The SMILES string of the molecule is COC(=O)OC[C@H](OC(C)=O)[C@H](OC(C)=O)c1ccccc1. The number of ether oxygens (including phenoxy) is 4. The third-order valence-electron chi connectivity index (χ3n) is 2.61.